The van der Waals surface area contributed by atoms with Gasteiger partial charge in [-0.2, -0.15) is 0 Å². The molecule has 2 aromatic rings. The number of hydrogen-bond acceptors (Lipinski definition) is 3. The molecule has 30 heavy (non-hydrogen) atoms. The molecule has 0 aliphatic heterocycles. The number of hydrogen-bond donors (Lipinski definition) is 1. The number of amides is 1. The zero-order valence-corrected chi connectivity index (χ0v) is 19.3. The zero-order chi connectivity index (χ0) is 23.2. The van der Waals surface area contributed by atoms with E-state index in [1.165, 1.54) is 0 Å². The van der Waals surface area contributed by atoms with Crippen LogP contribution in [0, 0.1) is 0 Å². The summed E-state index contributed by atoms with van der Waals surface area (Å²) >= 11 is 0. The Bertz CT molecular complexity index is 910. The van der Waals surface area contributed by atoms with Gasteiger partial charge in [-0.05, 0) is 50.6 Å². The Kier molecular flexibility index (Phi) is 12.5. The lowest BCUT2D eigenvalue weighted by molar-refractivity contribution is 0.0533. The van der Waals surface area contributed by atoms with Crippen molar-refractivity contribution < 1.29 is 9.53 Å². The molecule has 162 valence electrons. The second-order valence-electron chi connectivity index (χ2n) is 6.98. The molecule has 0 atom stereocenters. The first-order valence-corrected chi connectivity index (χ1v) is 10.1. The highest BCUT2D eigenvalue weighted by atomic mass is 16.6. The number of ether oxygens (including phenoxy) is 1. The SMILES string of the molecule is C=C.C=C(/C=c1/nc(-c2ccccc2)cc/c1=C/C)CNC(=O)OC(C)(C)C.CC. The Labute approximate surface area is 181 Å². The van der Waals surface area contributed by atoms with Crippen LogP contribution in [0.1, 0.15) is 41.5 Å². The first-order chi connectivity index (χ1) is 14.3. The van der Waals surface area contributed by atoms with Crippen molar-refractivity contribution >= 4 is 18.2 Å². The van der Waals surface area contributed by atoms with Gasteiger partial charge < -0.3 is 10.1 Å². The molecule has 0 fully saturated rings. The molecule has 1 aromatic carbocycles. The number of carbonyl (C=O) groups is 1. The predicted molar refractivity (Wildman–Crippen MR) is 130 cm³/mol. The molecule has 4 heteroatoms. The molecule has 0 unspecified atom stereocenters. The number of nitrogens with one attached hydrogen (secondary N) is 1. The number of rotatable bonds is 4. The van der Waals surface area contributed by atoms with E-state index in [0.717, 1.165) is 27.4 Å². The molecule has 1 aromatic heterocycles. The molecule has 0 aliphatic rings. The maximum absolute atomic E-state index is 11.8. The summed E-state index contributed by atoms with van der Waals surface area (Å²) in [4.78, 5) is 16.5. The molecule has 0 saturated carbocycles. The van der Waals surface area contributed by atoms with Crippen LogP contribution in [0.25, 0.3) is 23.4 Å². The lowest BCUT2D eigenvalue weighted by Gasteiger charge is -2.19. The van der Waals surface area contributed by atoms with Gasteiger partial charge in [-0.1, -0.05) is 62.9 Å². The fourth-order valence-electron chi connectivity index (χ4n) is 2.36. The van der Waals surface area contributed by atoms with Crippen molar-refractivity contribution in [3.63, 3.8) is 0 Å². The van der Waals surface area contributed by atoms with Crippen LogP contribution in [0.5, 0.6) is 0 Å². The number of carbonyl (C=O) groups excluding carboxylic acids is 1. The Hall–Kier alpha value is -3.14. The fourth-order valence-corrected chi connectivity index (χ4v) is 2.36. The third-order valence-corrected chi connectivity index (χ3v) is 3.54. The predicted octanol–water partition coefficient (Wildman–Crippen LogP) is 5.24. The largest absolute Gasteiger partial charge is 0.444 e. The second kappa shape index (κ2) is 13.9. The van der Waals surface area contributed by atoms with Crippen LogP contribution in [-0.4, -0.2) is 23.2 Å². The summed E-state index contributed by atoms with van der Waals surface area (Å²) in [6, 6.07) is 14.1. The third-order valence-electron chi connectivity index (χ3n) is 3.54. The smallest absolute Gasteiger partial charge is 0.407 e. The highest BCUT2D eigenvalue weighted by Gasteiger charge is 2.15. The van der Waals surface area contributed by atoms with Gasteiger partial charge in [0.2, 0.25) is 0 Å². The molecule has 1 heterocycles. The molecule has 0 bridgehead atoms. The van der Waals surface area contributed by atoms with E-state index in [2.05, 4.69) is 25.1 Å². The van der Waals surface area contributed by atoms with Crippen LogP contribution in [0.15, 0.2) is 67.8 Å². The van der Waals surface area contributed by atoms with E-state index >= 15 is 0 Å². The Morgan fingerprint density at radius 2 is 1.70 bits per heavy atom. The van der Waals surface area contributed by atoms with Gasteiger partial charge in [-0.15, -0.1) is 13.2 Å². The molecule has 2 rings (SSSR count). The van der Waals surface area contributed by atoms with Crippen LogP contribution in [0.2, 0.25) is 0 Å². The first kappa shape index (κ1) is 26.9. The van der Waals surface area contributed by atoms with Crippen molar-refractivity contribution in [1.29, 1.82) is 0 Å². The number of pyridine rings is 1. The maximum Gasteiger partial charge on any atom is 0.407 e. The van der Waals surface area contributed by atoms with Gasteiger partial charge in [-0.25, -0.2) is 9.78 Å². The van der Waals surface area contributed by atoms with Gasteiger partial charge in [0.15, 0.2) is 0 Å². The number of benzene rings is 1. The van der Waals surface area contributed by atoms with E-state index < -0.39 is 11.7 Å². The van der Waals surface area contributed by atoms with Crippen molar-refractivity contribution in [3.8, 4) is 11.3 Å². The summed E-state index contributed by atoms with van der Waals surface area (Å²) in [5.41, 5.74) is 2.18. The van der Waals surface area contributed by atoms with E-state index in [-0.39, 0.29) is 0 Å². The minimum absolute atomic E-state index is 0.301. The van der Waals surface area contributed by atoms with Gasteiger partial charge in [0.25, 0.3) is 0 Å². The molecule has 4 nitrogen and oxygen atoms in total. The summed E-state index contributed by atoms with van der Waals surface area (Å²) < 4.78 is 5.23. The van der Waals surface area contributed by atoms with Crippen LogP contribution in [0.3, 0.4) is 0 Å². The summed E-state index contributed by atoms with van der Waals surface area (Å²) in [6.45, 7) is 21.8. The first-order valence-electron chi connectivity index (χ1n) is 10.1. The van der Waals surface area contributed by atoms with Gasteiger partial charge in [0.05, 0.1) is 11.0 Å². The van der Waals surface area contributed by atoms with Gasteiger partial charge in [0, 0.05) is 12.1 Å². The van der Waals surface area contributed by atoms with Crippen molar-refractivity contribution in [2.45, 2.75) is 47.1 Å². The minimum atomic E-state index is -0.523. The lowest BCUT2D eigenvalue weighted by Crippen LogP contribution is -2.34. The summed E-state index contributed by atoms with van der Waals surface area (Å²) in [5, 5.41) is 4.55. The summed E-state index contributed by atoms with van der Waals surface area (Å²) in [7, 11) is 0. The van der Waals surface area contributed by atoms with Crippen LogP contribution < -0.4 is 15.9 Å². The van der Waals surface area contributed by atoms with E-state index in [1.54, 1.807) is 0 Å². The zero-order valence-electron chi connectivity index (χ0n) is 19.3. The molecule has 1 amide bonds. The van der Waals surface area contributed by atoms with E-state index in [4.69, 9.17) is 9.72 Å². The van der Waals surface area contributed by atoms with E-state index in [0.29, 0.717) is 6.54 Å². The fraction of sp³-hybridized carbons (Fsp3) is 0.308. The van der Waals surface area contributed by atoms with Crippen LogP contribution >= 0.6 is 0 Å². The van der Waals surface area contributed by atoms with Gasteiger partial charge in [-0.3, -0.25) is 0 Å². The Morgan fingerprint density at radius 3 is 2.23 bits per heavy atom. The molecule has 0 radical (unpaired) electrons. The average Bonchev–Trinajstić information content (AvgIpc) is 2.74. The lowest BCUT2D eigenvalue weighted by atomic mass is 10.1. The topological polar surface area (TPSA) is 51.2 Å². The normalized spacial score (nSPS) is 11.4. The Morgan fingerprint density at radius 1 is 1.10 bits per heavy atom. The molecular weight excluding hydrogens is 372 g/mol. The third kappa shape index (κ3) is 9.87. The number of aromatic nitrogens is 1. The van der Waals surface area contributed by atoms with Crippen molar-refractivity contribution in [3.05, 3.63) is 78.3 Å². The van der Waals surface area contributed by atoms with Crippen molar-refractivity contribution in [2.75, 3.05) is 6.54 Å². The van der Waals surface area contributed by atoms with Crippen LogP contribution in [0.4, 0.5) is 4.79 Å². The number of nitrogens with zero attached hydrogens (tertiary/aromatic N) is 1. The summed E-state index contributed by atoms with van der Waals surface area (Å²) in [6.07, 6.45) is 3.43. The quantitative estimate of drug-likeness (QED) is 0.704. The highest BCUT2D eigenvalue weighted by Crippen LogP contribution is 2.13. The molecule has 0 spiro atoms. The van der Waals surface area contributed by atoms with Gasteiger partial charge in [0.1, 0.15) is 5.60 Å². The minimum Gasteiger partial charge on any atom is -0.444 e. The van der Waals surface area contributed by atoms with Gasteiger partial charge >= 0.3 is 6.09 Å². The Balaban J connectivity index is 0.00000198. The molecule has 0 aliphatic carbocycles. The second-order valence-corrected chi connectivity index (χ2v) is 6.98. The monoisotopic (exact) mass is 408 g/mol. The maximum atomic E-state index is 11.8. The highest BCUT2D eigenvalue weighted by molar-refractivity contribution is 5.68. The van der Waals surface area contributed by atoms with Crippen molar-refractivity contribution in [1.82, 2.24) is 10.3 Å². The van der Waals surface area contributed by atoms with E-state index in [1.807, 2.05) is 96.2 Å². The molecular formula is C26H36N2O2. The average molecular weight is 409 g/mol. The van der Waals surface area contributed by atoms with Crippen LogP contribution in [-0.2, 0) is 4.74 Å². The standard InChI is InChI=1S/C22H26N2O2.C2H6.C2H4/c1-6-17-12-13-19(18-10-8-7-9-11-18)24-20(17)14-16(2)15-23-21(25)26-22(3,4)5;2*1-2/h6-14H,2,15H2,1,3-5H3,(H,23,25);1-2H3;1-2H2/b17-6-,20-14+;;. The number of alkyl carbamates (subject to hydrolysis) is 1. The summed E-state index contributed by atoms with van der Waals surface area (Å²) in [5.74, 6) is 0. The molecule has 1 N–H and O–H groups in total. The van der Waals surface area contributed by atoms with E-state index in [9.17, 15) is 4.79 Å². The molecule has 0 saturated heterocycles. The van der Waals surface area contributed by atoms with Crippen molar-refractivity contribution in [2.24, 2.45) is 0 Å².